The van der Waals surface area contributed by atoms with Gasteiger partial charge in [0.1, 0.15) is 5.03 Å². The van der Waals surface area contributed by atoms with Crippen LogP contribution in [0.4, 0.5) is 0 Å². The number of thioether (sulfide) groups is 1. The zero-order chi connectivity index (χ0) is 20.2. The van der Waals surface area contributed by atoms with Crippen LogP contribution in [0.5, 0.6) is 0 Å². The van der Waals surface area contributed by atoms with E-state index in [0.717, 1.165) is 28.3 Å². The molecule has 6 heteroatoms. The van der Waals surface area contributed by atoms with Crippen LogP contribution in [0.25, 0.3) is 22.6 Å². The Balaban J connectivity index is 1.40. The normalized spacial score (nSPS) is 11.0. The molecule has 0 aliphatic rings. The van der Waals surface area contributed by atoms with Crippen LogP contribution in [-0.4, -0.2) is 20.3 Å². The number of rotatable bonds is 6. The van der Waals surface area contributed by atoms with Gasteiger partial charge in [0.25, 0.3) is 0 Å². The summed E-state index contributed by atoms with van der Waals surface area (Å²) in [5, 5.41) is 13.6. The molecule has 5 nitrogen and oxygen atoms in total. The first-order valence-corrected chi connectivity index (χ1v) is 10.6. The van der Waals surface area contributed by atoms with Crippen molar-refractivity contribution in [2.45, 2.75) is 38.0 Å². The van der Waals surface area contributed by atoms with Gasteiger partial charge in [-0.2, -0.15) is 4.98 Å². The molecule has 0 unspecified atom stereocenters. The molecule has 0 spiro atoms. The molecule has 0 fully saturated rings. The van der Waals surface area contributed by atoms with Gasteiger partial charge in [-0.05, 0) is 55.2 Å². The zero-order valence-corrected chi connectivity index (χ0v) is 17.5. The van der Waals surface area contributed by atoms with Crippen molar-refractivity contribution in [3.05, 3.63) is 77.2 Å². The highest BCUT2D eigenvalue weighted by molar-refractivity contribution is 7.98. The Kier molecular flexibility index (Phi) is 5.71. The van der Waals surface area contributed by atoms with E-state index in [1.165, 1.54) is 28.5 Å². The molecule has 0 saturated carbocycles. The molecular formula is C23H22N4OS. The minimum atomic E-state index is 0.553. The maximum Gasteiger partial charge on any atom is 0.237 e. The van der Waals surface area contributed by atoms with E-state index in [-0.39, 0.29) is 0 Å². The van der Waals surface area contributed by atoms with Crippen LogP contribution >= 0.6 is 11.8 Å². The first kappa shape index (κ1) is 19.3. The summed E-state index contributed by atoms with van der Waals surface area (Å²) in [6, 6.07) is 18.5. The van der Waals surface area contributed by atoms with Gasteiger partial charge in [-0.15, -0.1) is 10.2 Å². The molecule has 0 bridgehead atoms. The first-order chi connectivity index (χ1) is 14.1. The van der Waals surface area contributed by atoms with E-state index in [9.17, 15) is 0 Å². The van der Waals surface area contributed by atoms with Crippen LogP contribution in [-0.2, 0) is 12.2 Å². The highest BCUT2D eigenvalue weighted by atomic mass is 32.2. The lowest BCUT2D eigenvalue weighted by Crippen LogP contribution is -1.91. The Morgan fingerprint density at radius 1 is 0.862 bits per heavy atom. The van der Waals surface area contributed by atoms with Gasteiger partial charge >= 0.3 is 0 Å². The van der Waals surface area contributed by atoms with Crippen LogP contribution in [0, 0.1) is 13.8 Å². The summed E-state index contributed by atoms with van der Waals surface area (Å²) in [7, 11) is 0. The van der Waals surface area contributed by atoms with Crippen LogP contribution in [0.3, 0.4) is 0 Å². The predicted octanol–water partition coefficient (Wildman–Crippen LogP) is 5.67. The molecule has 0 atom stereocenters. The SMILES string of the molecule is CCc1ccc(-c2noc(CSc3ccc(-c4ccc(C)c(C)c4)nn3)n2)cc1. The summed E-state index contributed by atoms with van der Waals surface area (Å²) in [6.07, 6.45) is 1.01. The molecule has 2 aromatic heterocycles. The highest BCUT2D eigenvalue weighted by Crippen LogP contribution is 2.25. The average molecular weight is 403 g/mol. The third-order valence-electron chi connectivity index (χ3n) is 4.87. The molecule has 0 radical (unpaired) electrons. The lowest BCUT2D eigenvalue weighted by atomic mass is 10.0. The van der Waals surface area contributed by atoms with Crippen molar-refractivity contribution in [3.8, 4) is 22.6 Å². The number of aromatic nitrogens is 4. The quantitative estimate of drug-likeness (QED) is 0.387. The molecule has 4 rings (SSSR count). The number of hydrogen-bond donors (Lipinski definition) is 0. The van der Waals surface area contributed by atoms with Gasteiger partial charge in [-0.25, -0.2) is 0 Å². The van der Waals surface area contributed by atoms with Crippen molar-refractivity contribution < 1.29 is 4.52 Å². The van der Waals surface area contributed by atoms with Crippen molar-refractivity contribution in [1.29, 1.82) is 0 Å². The van der Waals surface area contributed by atoms with E-state index in [4.69, 9.17) is 4.52 Å². The molecule has 0 aliphatic heterocycles. The third-order valence-corrected chi connectivity index (χ3v) is 5.78. The molecular weight excluding hydrogens is 380 g/mol. The first-order valence-electron chi connectivity index (χ1n) is 9.58. The molecule has 4 aromatic rings. The molecule has 0 amide bonds. The van der Waals surface area contributed by atoms with Crippen molar-refractivity contribution in [2.75, 3.05) is 0 Å². The fourth-order valence-corrected chi connectivity index (χ4v) is 3.56. The third kappa shape index (κ3) is 4.54. The van der Waals surface area contributed by atoms with E-state index >= 15 is 0 Å². The smallest absolute Gasteiger partial charge is 0.237 e. The molecule has 29 heavy (non-hydrogen) atoms. The van der Waals surface area contributed by atoms with E-state index < -0.39 is 0 Å². The largest absolute Gasteiger partial charge is 0.338 e. The highest BCUT2D eigenvalue weighted by Gasteiger charge is 2.10. The van der Waals surface area contributed by atoms with Gasteiger partial charge in [0.15, 0.2) is 0 Å². The summed E-state index contributed by atoms with van der Waals surface area (Å²) >= 11 is 1.53. The molecule has 2 heterocycles. The Labute approximate surface area is 174 Å². The van der Waals surface area contributed by atoms with E-state index in [2.05, 4.69) is 71.4 Å². The van der Waals surface area contributed by atoms with Crippen LogP contribution < -0.4 is 0 Å². The van der Waals surface area contributed by atoms with E-state index in [1.54, 1.807) is 0 Å². The second-order valence-corrected chi connectivity index (χ2v) is 7.90. The van der Waals surface area contributed by atoms with Gasteiger partial charge in [0, 0.05) is 11.1 Å². The van der Waals surface area contributed by atoms with Crippen LogP contribution in [0.1, 0.15) is 29.5 Å². The van der Waals surface area contributed by atoms with Crippen molar-refractivity contribution in [1.82, 2.24) is 20.3 Å². The standard InChI is InChI=1S/C23H22N4OS/c1-4-17-6-9-18(10-7-17)23-24-21(28-27-23)14-29-22-12-11-20(25-26-22)19-8-5-15(2)16(3)13-19/h5-13H,4,14H2,1-3H3. The molecule has 0 aliphatic carbocycles. The second-order valence-electron chi connectivity index (χ2n) is 6.91. The molecule has 0 N–H and O–H groups in total. The maximum absolute atomic E-state index is 5.38. The van der Waals surface area contributed by atoms with Crippen molar-refractivity contribution in [3.63, 3.8) is 0 Å². The lowest BCUT2D eigenvalue weighted by molar-refractivity contribution is 0.391. The lowest BCUT2D eigenvalue weighted by Gasteiger charge is -2.05. The fraction of sp³-hybridized carbons (Fsp3) is 0.217. The number of nitrogens with zero attached hydrogens (tertiary/aromatic N) is 4. The number of benzene rings is 2. The summed E-state index contributed by atoms with van der Waals surface area (Å²) < 4.78 is 5.38. The van der Waals surface area contributed by atoms with Crippen molar-refractivity contribution >= 4 is 11.8 Å². The molecule has 146 valence electrons. The van der Waals surface area contributed by atoms with Gasteiger partial charge < -0.3 is 4.52 Å². The van der Waals surface area contributed by atoms with Gasteiger partial charge in [-0.3, -0.25) is 0 Å². The van der Waals surface area contributed by atoms with Gasteiger partial charge in [0.05, 0.1) is 11.4 Å². The molecule has 0 saturated heterocycles. The topological polar surface area (TPSA) is 64.7 Å². The van der Waals surface area contributed by atoms with E-state index in [1.807, 2.05) is 24.3 Å². The summed E-state index contributed by atoms with van der Waals surface area (Å²) in [5.74, 6) is 1.74. The maximum atomic E-state index is 5.38. The summed E-state index contributed by atoms with van der Waals surface area (Å²) in [6.45, 7) is 6.34. The van der Waals surface area contributed by atoms with Gasteiger partial charge in [-0.1, -0.05) is 60.2 Å². The fourth-order valence-electron chi connectivity index (χ4n) is 2.91. The van der Waals surface area contributed by atoms with E-state index in [0.29, 0.717) is 17.5 Å². The van der Waals surface area contributed by atoms with Crippen LogP contribution in [0.2, 0.25) is 0 Å². The minimum absolute atomic E-state index is 0.553. The van der Waals surface area contributed by atoms with Crippen molar-refractivity contribution in [2.24, 2.45) is 0 Å². The Morgan fingerprint density at radius 3 is 2.34 bits per heavy atom. The number of aryl methyl sites for hydroxylation is 3. The summed E-state index contributed by atoms with van der Waals surface area (Å²) in [5.41, 5.74) is 6.71. The Hall–Kier alpha value is -2.99. The summed E-state index contributed by atoms with van der Waals surface area (Å²) in [4.78, 5) is 4.49. The Morgan fingerprint density at radius 2 is 1.66 bits per heavy atom. The van der Waals surface area contributed by atoms with Crippen LogP contribution in [0.15, 0.2) is 64.1 Å². The predicted molar refractivity (Wildman–Crippen MR) is 116 cm³/mol. The number of hydrogen-bond acceptors (Lipinski definition) is 6. The minimum Gasteiger partial charge on any atom is -0.338 e. The molecule has 2 aromatic carbocycles. The second kappa shape index (κ2) is 8.57. The monoisotopic (exact) mass is 402 g/mol. The Bertz CT molecular complexity index is 1100. The zero-order valence-electron chi connectivity index (χ0n) is 16.7. The van der Waals surface area contributed by atoms with Gasteiger partial charge in [0.2, 0.25) is 11.7 Å². The average Bonchev–Trinajstić information content (AvgIpc) is 3.24.